The molecule has 0 fully saturated rings. The molecule has 1 aliphatic heterocycles. The summed E-state index contributed by atoms with van der Waals surface area (Å²) < 4.78 is 16.7. The van der Waals surface area contributed by atoms with E-state index in [2.05, 4.69) is 16.3 Å². The number of nitrogens with zero attached hydrogens (tertiary/aromatic N) is 6. The highest BCUT2D eigenvalue weighted by Gasteiger charge is 2.38. The first-order chi connectivity index (χ1) is 23.0. The minimum Gasteiger partial charge on any atom is -0.480 e. The van der Waals surface area contributed by atoms with Crippen LogP contribution in [0.5, 0.6) is 0 Å². The molecule has 1 aliphatic rings. The highest BCUT2D eigenvalue weighted by molar-refractivity contribution is 5.76. The van der Waals surface area contributed by atoms with Crippen molar-refractivity contribution in [1.29, 1.82) is 15.8 Å². The summed E-state index contributed by atoms with van der Waals surface area (Å²) in [5.74, 6) is -0.582. The summed E-state index contributed by atoms with van der Waals surface area (Å²) in [5.41, 5.74) is 1.31. The van der Waals surface area contributed by atoms with Crippen LogP contribution in [0, 0.1) is 44.8 Å². The number of nitriles is 3. The van der Waals surface area contributed by atoms with Crippen LogP contribution in [0.25, 0.3) is 6.08 Å². The topological polar surface area (TPSA) is 161 Å². The molecule has 0 saturated heterocycles. The molecule has 0 aromatic heterocycles. The lowest BCUT2D eigenvalue weighted by Crippen LogP contribution is -2.34. The Morgan fingerprint density at radius 1 is 0.796 bits per heavy atom. The molecule has 2 aromatic carbocycles. The fourth-order valence-electron chi connectivity index (χ4n) is 4.46. The van der Waals surface area contributed by atoms with Gasteiger partial charge >= 0.3 is 11.9 Å². The largest absolute Gasteiger partial charge is 0.480 e. The first kappa shape index (κ1) is 37.7. The number of hydrogen-bond acceptors (Lipinski definition) is 11. The number of hydrogen-bond donors (Lipinski definition) is 0. The molecule has 0 radical (unpaired) electrons. The third kappa shape index (κ3) is 10.4. The molecule has 0 spiro atoms. The van der Waals surface area contributed by atoms with Gasteiger partial charge in [-0.3, -0.25) is 9.59 Å². The van der Waals surface area contributed by atoms with E-state index in [4.69, 9.17) is 14.2 Å². The minimum atomic E-state index is -0.894. The van der Waals surface area contributed by atoms with E-state index in [1.807, 2.05) is 59.5 Å². The SMILES string of the molecule is CC(C)(C)C(=O)OCCN(CCOC(=O)C(C)(C)C)c1ccc(N=Nc2ccc(/C=C/C3=C(C#N)C(=C(C#N)C#N)OC3(C)C)cc2)cc1. The van der Waals surface area contributed by atoms with Gasteiger partial charge in [0.2, 0.25) is 0 Å². The molecule has 3 rings (SSSR count). The van der Waals surface area contributed by atoms with E-state index in [0.717, 1.165) is 11.3 Å². The van der Waals surface area contributed by atoms with Gasteiger partial charge < -0.3 is 19.1 Å². The Balaban J connectivity index is 1.71. The molecule has 0 saturated carbocycles. The fraction of sp³-hybridized carbons (Fsp3) is 0.395. The van der Waals surface area contributed by atoms with Gasteiger partial charge in [0.25, 0.3) is 0 Å². The molecule has 0 bridgehead atoms. The first-order valence-corrected chi connectivity index (χ1v) is 15.8. The minimum absolute atomic E-state index is 0.00291. The number of carbonyl (C=O) groups excluding carboxylic acids is 2. The summed E-state index contributed by atoms with van der Waals surface area (Å²) in [6.45, 7) is 15.5. The fourth-order valence-corrected chi connectivity index (χ4v) is 4.46. The van der Waals surface area contributed by atoms with Crippen molar-refractivity contribution in [1.82, 2.24) is 0 Å². The third-order valence-electron chi connectivity index (χ3n) is 7.31. The lowest BCUT2D eigenvalue weighted by atomic mass is 9.94. The maximum Gasteiger partial charge on any atom is 0.311 e. The quantitative estimate of drug-likeness (QED) is 0.132. The van der Waals surface area contributed by atoms with Crippen LogP contribution in [0.3, 0.4) is 0 Å². The predicted molar refractivity (Wildman–Crippen MR) is 185 cm³/mol. The zero-order valence-electron chi connectivity index (χ0n) is 29.3. The average Bonchev–Trinajstić information content (AvgIpc) is 3.31. The van der Waals surface area contributed by atoms with Crippen molar-refractivity contribution in [3.8, 4) is 18.2 Å². The molecule has 0 atom stereocenters. The van der Waals surface area contributed by atoms with E-state index in [1.54, 1.807) is 73.6 Å². The number of allylic oxidation sites excluding steroid dienone is 2. The van der Waals surface area contributed by atoms with Crippen LogP contribution in [-0.4, -0.2) is 43.8 Å². The van der Waals surface area contributed by atoms with Crippen LogP contribution in [0.1, 0.15) is 61.0 Å². The smallest absolute Gasteiger partial charge is 0.311 e. The van der Waals surface area contributed by atoms with E-state index in [-0.39, 0.29) is 42.1 Å². The van der Waals surface area contributed by atoms with Crippen LogP contribution in [-0.2, 0) is 23.8 Å². The zero-order chi connectivity index (χ0) is 36.4. The maximum absolute atomic E-state index is 12.3. The summed E-state index contributed by atoms with van der Waals surface area (Å²) in [6.07, 6.45) is 3.57. The summed E-state index contributed by atoms with van der Waals surface area (Å²) in [6, 6.07) is 20.4. The Morgan fingerprint density at radius 2 is 1.27 bits per heavy atom. The van der Waals surface area contributed by atoms with Crippen LogP contribution in [0.15, 0.2) is 87.3 Å². The predicted octanol–water partition coefficient (Wildman–Crippen LogP) is 8.03. The standard InChI is InChI=1S/C38H42N6O5/c1-36(2,3)34(45)47-21-19-44(20-22-48-35(46)37(4,5)6)30-16-14-29(15-17-30)43-42-28-12-9-26(10-13-28)11-18-32-31(25-41)33(27(23-39)24-40)49-38(32,7)8/h9-18H,19-22H2,1-8H3/b18-11+,43-42?. The molecule has 2 aromatic rings. The number of carbonyl (C=O) groups is 2. The van der Waals surface area contributed by atoms with Crippen LogP contribution < -0.4 is 4.90 Å². The van der Waals surface area contributed by atoms with Crippen LogP contribution >= 0.6 is 0 Å². The Bertz CT molecular complexity index is 1740. The summed E-state index contributed by atoms with van der Waals surface area (Å²) in [7, 11) is 0. The molecule has 0 unspecified atom stereocenters. The van der Waals surface area contributed by atoms with Crippen molar-refractivity contribution >= 4 is 35.1 Å². The van der Waals surface area contributed by atoms with Crippen molar-refractivity contribution in [2.45, 2.75) is 61.0 Å². The van der Waals surface area contributed by atoms with E-state index in [9.17, 15) is 25.4 Å². The van der Waals surface area contributed by atoms with Gasteiger partial charge in [-0.15, -0.1) is 0 Å². The van der Waals surface area contributed by atoms with Crippen LogP contribution in [0.4, 0.5) is 17.1 Å². The third-order valence-corrected chi connectivity index (χ3v) is 7.31. The van der Waals surface area contributed by atoms with Gasteiger partial charge in [-0.25, -0.2) is 0 Å². The summed E-state index contributed by atoms with van der Waals surface area (Å²) in [4.78, 5) is 26.5. The van der Waals surface area contributed by atoms with Crippen molar-refractivity contribution in [2.24, 2.45) is 21.1 Å². The average molecular weight is 663 g/mol. The molecule has 49 heavy (non-hydrogen) atoms. The van der Waals surface area contributed by atoms with Gasteiger partial charge in [-0.1, -0.05) is 24.3 Å². The van der Waals surface area contributed by atoms with Crippen LogP contribution in [0.2, 0.25) is 0 Å². The normalized spacial score (nSPS) is 14.2. The van der Waals surface area contributed by atoms with Gasteiger partial charge in [-0.2, -0.15) is 26.0 Å². The van der Waals surface area contributed by atoms with Crippen molar-refractivity contribution < 1.29 is 23.8 Å². The molecule has 0 aliphatic carbocycles. The Hall–Kier alpha value is -5.73. The second-order valence-electron chi connectivity index (χ2n) is 13.8. The molecule has 0 amide bonds. The second-order valence-corrected chi connectivity index (χ2v) is 13.8. The Labute approximate surface area is 288 Å². The first-order valence-electron chi connectivity index (χ1n) is 15.8. The monoisotopic (exact) mass is 662 g/mol. The van der Waals surface area contributed by atoms with E-state index in [1.165, 1.54) is 0 Å². The molecule has 0 N–H and O–H groups in total. The number of azo groups is 1. The number of anilines is 1. The molecular weight excluding hydrogens is 620 g/mol. The number of esters is 2. The molecule has 254 valence electrons. The number of rotatable bonds is 11. The van der Waals surface area contributed by atoms with Crippen molar-refractivity contribution in [2.75, 3.05) is 31.2 Å². The van der Waals surface area contributed by atoms with Gasteiger partial charge in [0, 0.05) is 11.3 Å². The van der Waals surface area contributed by atoms with Gasteiger partial charge in [0.15, 0.2) is 11.3 Å². The highest BCUT2D eigenvalue weighted by Crippen LogP contribution is 2.40. The lowest BCUT2D eigenvalue weighted by molar-refractivity contribution is -0.152. The number of benzene rings is 2. The Morgan fingerprint density at radius 3 is 1.69 bits per heavy atom. The molecule has 1 heterocycles. The summed E-state index contributed by atoms with van der Waals surface area (Å²) >= 11 is 0. The summed E-state index contributed by atoms with van der Waals surface area (Å²) in [5, 5.41) is 37.0. The molecule has 11 heteroatoms. The Kier molecular flexibility index (Phi) is 12.2. The van der Waals surface area contributed by atoms with Gasteiger partial charge in [-0.05, 0) is 97.4 Å². The van der Waals surface area contributed by atoms with Crippen molar-refractivity contribution in [3.05, 3.63) is 82.6 Å². The van der Waals surface area contributed by atoms with E-state index in [0.29, 0.717) is 30.0 Å². The van der Waals surface area contributed by atoms with Gasteiger partial charge in [0.1, 0.15) is 42.6 Å². The van der Waals surface area contributed by atoms with E-state index >= 15 is 0 Å². The van der Waals surface area contributed by atoms with Crippen molar-refractivity contribution in [3.63, 3.8) is 0 Å². The maximum atomic E-state index is 12.3. The second kappa shape index (κ2) is 15.9. The molecular formula is C38H42N6O5. The highest BCUT2D eigenvalue weighted by atomic mass is 16.5. The zero-order valence-corrected chi connectivity index (χ0v) is 29.3. The number of ether oxygens (including phenoxy) is 3. The van der Waals surface area contributed by atoms with E-state index < -0.39 is 16.4 Å². The van der Waals surface area contributed by atoms with Gasteiger partial charge in [0.05, 0.1) is 35.3 Å². The lowest BCUT2D eigenvalue weighted by Gasteiger charge is -2.26. The molecule has 11 nitrogen and oxygen atoms in total.